The van der Waals surface area contributed by atoms with Crippen LogP contribution in [0.4, 0.5) is 13.2 Å². The number of carbonyl (C=O) groups is 3. The van der Waals surface area contributed by atoms with Crippen molar-refractivity contribution in [3.8, 4) is 0 Å². The number of halogens is 3. The van der Waals surface area contributed by atoms with Gasteiger partial charge < -0.3 is 24.9 Å². The van der Waals surface area contributed by atoms with Gasteiger partial charge >= 0.3 is 13.3 Å². The van der Waals surface area contributed by atoms with Crippen molar-refractivity contribution in [2.75, 3.05) is 13.1 Å². The van der Waals surface area contributed by atoms with Gasteiger partial charge in [0, 0.05) is 42.2 Å². The molecule has 3 heterocycles. The standard InChI is InChI=1S/C37H39F3N3O6PS/c1-36(2,3)32(41-33(44)31-19-26-16-27(13-14-30(26)51-31)37(39,40)50(47,48)49)35(46)43-21-25-9-5-4-8-23(25)18-29(43)34(45)42-15-7-11-24(20-42)22-10-6-12-28(38)17-22/h4-6,8-10,12-14,16-17,19,24,29,32H,7,11,15,18,20-21H2,1-3H3,(H,41,44)(H2,47,48,49)/t24?,29-,32?/m0/s1. The fraction of sp³-hybridized carbons (Fsp3) is 0.378. The lowest BCUT2D eigenvalue weighted by Crippen LogP contribution is -2.61. The third kappa shape index (κ3) is 7.48. The van der Waals surface area contributed by atoms with Gasteiger partial charge in [-0.3, -0.25) is 18.9 Å². The minimum atomic E-state index is -5.80. The molecule has 51 heavy (non-hydrogen) atoms. The molecule has 2 aliphatic heterocycles. The van der Waals surface area contributed by atoms with Crippen molar-refractivity contribution in [3.05, 3.63) is 106 Å². The van der Waals surface area contributed by atoms with Gasteiger partial charge in [-0.2, -0.15) is 8.78 Å². The minimum Gasteiger partial charge on any atom is -0.340 e. The molecule has 0 radical (unpaired) electrons. The summed E-state index contributed by atoms with van der Waals surface area (Å²) in [6.07, 6.45) is 1.80. The molecule has 0 bridgehead atoms. The largest absolute Gasteiger partial charge is 0.399 e. The Hall–Kier alpha value is -4.03. The third-order valence-electron chi connectivity index (χ3n) is 9.71. The van der Waals surface area contributed by atoms with Crippen LogP contribution in [-0.4, -0.2) is 62.5 Å². The predicted molar refractivity (Wildman–Crippen MR) is 188 cm³/mol. The van der Waals surface area contributed by atoms with E-state index in [1.807, 2.05) is 30.3 Å². The van der Waals surface area contributed by atoms with Crippen molar-refractivity contribution in [3.63, 3.8) is 0 Å². The lowest BCUT2D eigenvalue weighted by atomic mass is 9.84. The Morgan fingerprint density at radius 1 is 0.980 bits per heavy atom. The van der Waals surface area contributed by atoms with E-state index in [0.29, 0.717) is 17.8 Å². The number of nitrogens with one attached hydrogen (secondary N) is 1. The molecule has 3 atom stereocenters. The monoisotopic (exact) mass is 741 g/mol. The maximum absolute atomic E-state index is 14.6. The molecule has 3 aromatic carbocycles. The molecule has 270 valence electrons. The maximum Gasteiger partial charge on any atom is 0.399 e. The Bertz CT molecular complexity index is 2040. The summed E-state index contributed by atoms with van der Waals surface area (Å²) in [5, 5.41) is 3.03. The molecule has 0 spiro atoms. The van der Waals surface area contributed by atoms with Gasteiger partial charge in [-0.1, -0.05) is 63.2 Å². The van der Waals surface area contributed by atoms with Gasteiger partial charge in [0.05, 0.1) is 4.88 Å². The van der Waals surface area contributed by atoms with E-state index in [1.165, 1.54) is 29.2 Å². The van der Waals surface area contributed by atoms with Crippen LogP contribution >= 0.6 is 18.9 Å². The molecule has 0 saturated carbocycles. The number of rotatable bonds is 7. The number of benzene rings is 3. The number of piperidine rings is 1. The Morgan fingerprint density at radius 2 is 1.71 bits per heavy atom. The van der Waals surface area contributed by atoms with Crippen LogP contribution in [0.15, 0.2) is 72.8 Å². The van der Waals surface area contributed by atoms with Crippen LogP contribution in [0.5, 0.6) is 0 Å². The molecule has 3 amide bonds. The Kier molecular flexibility index (Phi) is 9.97. The Balaban J connectivity index is 1.27. The summed E-state index contributed by atoms with van der Waals surface area (Å²) < 4.78 is 54.8. The average molecular weight is 742 g/mol. The van der Waals surface area contributed by atoms with E-state index in [4.69, 9.17) is 0 Å². The van der Waals surface area contributed by atoms with Gasteiger partial charge in [0.15, 0.2) is 0 Å². The molecule has 9 nitrogen and oxygen atoms in total. The molecule has 6 rings (SSSR count). The van der Waals surface area contributed by atoms with Gasteiger partial charge in [0.25, 0.3) is 5.91 Å². The highest BCUT2D eigenvalue weighted by Crippen LogP contribution is 2.59. The van der Waals surface area contributed by atoms with Gasteiger partial charge in [-0.05, 0) is 70.7 Å². The molecular weight excluding hydrogens is 702 g/mol. The highest BCUT2D eigenvalue weighted by molar-refractivity contribution is 7.52. The van der Waals surface area contributed by atoms with Crippen molar-refractivity contribution in [1.82, 2.24) is 15.1 Å². The summed E-state index contributed by atoms with van der Waals surface area (Å²) in [6.45, 7) is 6.41. The second kappa shape index (κ2) is 13.8. The fourth-order valence-corrected chi connectivity index (χ4v) is 8.34. The van der Waals surface area contributed by atoms with Crippen molar-refractivity contribution in [1.29, 1.82) is 0 Å². The van der Waals surface area contributed by atoms with E-state index in [9.17, 15) is 41.9 Å². The first-order valence-corrected chi connectivity index (χ1v) is 19.1. The van der Waals surface area contributed by atoms with Crippen LogP contribution in [0.3, 0.4) is 0 Å². The molecular formula is C37H39F3N3O6PS. The zero-order valence-corrected chi connectivity index (χ0v) is 30.0. The van der Waals surface area contributed by atoms with Crippen molar-refractivity contribution in [2.24, 2.45) is 5.41 Å². The van der Waals surface area contributed by atoms with Crippen LogP contribution in [0.25, 0.3) is 10.1 Å². The highest BCUT2D eigenvalue weighted by Gasteiger charge is 2.50. The second-order valence-electron chi connectivity index (χ2n) is 14.4. The first-order chi connectivity index (χ1) is 23.9. The first-order valence-electron chi connectivity index (χ1n) is 16.6. The summed E-state index contributed by atoms with van der Waals surface area (Å²) in [6, 6.07) is 16.5. The van der Waals surface area contributed by atoms with E-state index in [1.54, 1.807) is 31.7 Å². The topological polar surface area (TPSA) is 127 Å². The van der Waals surface area contributed by atoms with E-state index in [0.717, 1.165) is 53.0 Å². The quantitative estimate of drug-likeness (QED) is 0.180. The van der Waals surface area contributed by atoms with Crippen LogP contribution in [0, 0.1) is 11.2 Å². The molecule has 14 heteroatoms. The predicted octanol–water partition coefficient (Wildman–Crippen LogP) is 6.77. The average Bonchev–Trinajstić information content (AvgIpc) is 3.52. The number of likely N-dealkylation sites (tertiary alicyclic amines) is 1. The van der Waals surface area contributed by atoms with Crippen LogP contribution in [0.1, 0.15) is 71.5 Å². The second-order valence-corrected chi connectivity index (χ2v) is 17.1. The van der Waals surface area contributed by atoms with E-state index in [2.05, 4.69) is 5.32 Å². The number of hydrogen-bond donors (Lipinski definition) is 3. The zero-order valence-electron chi connectivity index (χ0n) is 28.3. The van der Waals surface area contributed by atoms with Gasteiger partial charge in [-0.25, -0.2) is 4.39 Å². The van der Waals surface area contributed by atoms with Crippen molar-refractivity contribution >= 4 is 46.7 Å². The van der Waals surface area contributed by atoms with Crippen LogP contribution < -0.4 is 5.32 Å². The summed E-state index contributed by atoms with van der Waals surface area (Å²) in [5.74, 6) is -1.70. The number of carbonyl (C=O) groups excluding carboxylic acids is 3. The summed E-state index contributed by atoms with van der Waals surface area (Å²) in [7, 11) is -5.80. The smallest absolute Gasteiger partial charge is 0.340 e. The summed E-state index contributed by atoms with van der Waals surface area (Å²) in [5.41, 5.74) is -3.46. The number of amides is 3. The molecule has 3 N–H and O–H groups in total. The lowest BCUT2D eigenvalue weighted by molar-refractivity contribution is -0.150. The number of hydrogen-bond acceptors (Lipinski definition) is 5. The van der Waals surface area contributed by atoms with Gasteiger partial charge in [0.1, 0.15) is 17.9 Å². The lowest BCUT2D eigenvalue weighted by Gasteiger charge is -2.43. The van der Waals surface area contributed by atoms with Crippen molar-refractivity contribution < 1.29 is 41.9 Å². The molecule has 1 aromatic heterocycles. The van der Waals surface area contributed by atoms with Gasteiger partial charge in [0.2, 0.25) is 11.8 Å². The SMILES string of the molecule is CC(C)(C)C(NC(=O)c1cc2cc(C(F)(F)P(=O)(O)O)ccc2s1)C(=O)N1Cc2ccccc2C[C@H]1C(=O)N1CCCC(c2cccc(F)c2)C1. The number of alkyl halides is 2. The number of thiophene rings is 1. The first kappa shape index (κ1) is 36.8. The molecule has 4 aromatic rings. The van der Waals surface area contributed by atoms with Gasteiger partial charge in [-0.15, -0.1) is 11.3 Å². The molecule has 0 aliphatic carbocycles. The Labute approximate surface area is 297 Å². The van der Waals surface area contributed by atoms with Crippen LogP contribution in [0.2, 0.25) is 0 Å². The Morgan fingerprint density at radius 3 is 2.39 bits per heavy atom. The summed E-state index contributed by atoms with van der Waals surface area (Å²) >= 11 is 0.986. The highest BCUT2D eigenvalue weighted by atomic mass is 32.1. The molecule has 2 aliphatic rings. The molecule has 1 saturated heterocycles. The third-order valence-corrected chi connectivity index (χ3v) is 11.8. The minimum absolute atomic E-state index is 0.0551. The fourth-order valence-electron chi connectivity index (χ4n) is 6.92. The number of nitrogens with zero attached hydrogens (tertiary/aromatic N) is 2. The van der Waals surface area contributed by atoms with Crippen LogP contribution in [-0.2, 0) is 32.8 Å². The van der Waals surface area contributed by atoms with E-state index < -0.39 is 48.1 Å². The zero-order chi connectivity index (χ0) is 36.9. The van der Waals surface area contributed by atoms with Crippen molar-refractivity contribution in [2.45, 2.75) is 70.2 Å². The normalized spacial score (nSPS) is 19.1. The van der Waals surface area contributed by atoms with E-state index in [-0.39, 0.29) is 40.9 Å². The maximum atomic E-state index is 14.6. The van der Waals surface area contributed by atoms with E-state index >= 15 is 0 Å². The molecule has 2 unspecified atom stereocenters. The molecule has 1 fully saturated rings. The summed E-state index contributed by atoms with van der Waals surface area (Å²) in [4.78, 5) is 64.4. The number of fused-ring (bicyclic) bond motifs is 2.